The van der Waals surface area contributed by atoms with Crippen molar-refractivity contribution in [2.24, 2.45) is 7.05 Å². The highest BCUT2D eigenvalue weighted by Gasteiger charge is 2.40. The maximum Gasteiger partial charge on any atom is 0.140 e. The van der Waals surface area contributed by atoms with Gasteiger partial charge < -0.3 is 13.9 Å². The van der Waals surface area contributed by atoms with Crippen molar-refractivity contribution in [3.8, 4) is 28.6 Å². The number of benzene rings is 6. The van der Waals surface area contributed by atoms with Crippen molar-refractivity contribution in [1.29, 1.82) is 0 Å². The molecule has 0 bridgehead atoms. The van der Waals surface area contributed by atoms with Gasteiger partial charge in [0.05, 0.1) is 33.4 Å². The first-order chi connectivity index (χ1) is 25.5. The number of hydrogen-bond acceptors (Lipinski definition) is 4. The van der Waals surface area contributed by atoms with Gasteiger partial charge >= 0.3 is 0 Å². The van der Waals surface area contributed by atoms with Crippen LogP contribution in [0.25, 0.3) is 49.9 Å². The van der Waals surface area contributed by atoms with Crippen LogP contribution in [0.4, 0.5) is 17.2 Å². The third-order valence-corrected chi connectivity index (χ3v) is 10.6. The van der Waals surface area contributed by atoms with Crippen molar-refractivity contribution < 1.29 is 4.74 Å². The Morgan fingerprint density at radius 3 is 2.21 bits per heavy atom. The Hall–Kier alpha value is -6.66. The summed E-state index contributed by atoms with van der Waals surface area (Å²) in [5.74, 6) is 3.26. The summed E-state index contributed by atoms with van der Waals surface area (Å²) in [7, 11) is 2.06. The predicted octanol–water partition coefficient (Wildman–Crippen LogP) is 11.6. The molecule has 52 heavy (non-hydrogen) atoms. The van der Waals surface area contributed by atoms with Crippen LogP contribution in [0.5, 0.6) is 11.5 Å². The normalized spacial score (nSPS) is 13.4. The van der Waals surface area contributed by atoms with E-state index in [0.29, 0.717) is 0 Å². The third-order valence-electron chi connectivity index (χ3n) is 10.6. The molecular formula is C46H35N5O. The summed E-state index contributed by atoms with van der Waals surface area (Å²) < 4.78 is 11.2. The van der Waals surface area contributed by atoms with E-state index in [9.17, 15) is 0 Å². The summed E-state index contributed by atoms with van der Waals surface area (Å²) in [5.41, 5.74) is 10.9. The van der Waals surface area contributed by atoms with E-state index in [1.807, 2.05) is 48.7 Å². The van der Waals surface area contributed by atoms with Gasteiger partial charge in [-0.3, -0.25) is 4.90 Å². The monoisotopic (exact) mass is 673 g/mol. The number of ether oxygens (including phenoxy) is 1. The molecule has 9 aromatic rings. The standard InChI is InChI=1S/C46H35N5O/c1-46(2)35-24-23-33(52-32-17-13-14-30(28-32)45-48-36-19-8-10-21-38(36)49(45)3)29-41(35)51(42-22-11-12-27-47-42)40-26-25-39-43(44(40)46)34-18-7-9-20-37(34)50(39)31-15-5-4-6-16-31/h4-29H,1-3H3. The van der Waals surface area contributed by atoms with Gasteiger partial charge in [-0.2, -0.15) is 0 Å². The Morgan fingerprint density at radius 1 is 0.615 bits per heavy atom. The highest BCUT2D eigenvalue weighted by Crippen LogP contribution is 2.56. The van der Waals surface area contributed by atoms with E-state index < -0.39 is 0 Å². The van der Waals surface area contributed by atoms with Crippen molar-refractivity contribution >= 4 is 50.0 Å². The molecule has 6 heteroatoms. The quantitative estimate of drug-likeness (QED) is 0.182. The molecule has 0 unspecified atom stereocenters. The Labute approximate surface area is 301 Å². The molecule has 4 heterocycles. The lowest BCUT2D eigenvalue weighted by atomic mass is 9.72. The number of pyridine rings is 1. The maximum absolute atomic E-state index is 6.65. The molecule has 1 aliphatic heterocycles. The van der Waals surface area contributed by atoms with Crippen molar-refractivity contribution in [2.45, 2.75) is 19.3 Å². The van der Waals surface area contributed by atoms with Crippen LogP contribution in [0.3, 0.4) is 0 Å². The van der Waals surface area contributed by atoms with Crippen LogP contribution in [-0.2, 0) is 12.5 Å². The van der Waals surface area contributed by atoms with E-state index in [2.05, 4.69) is 144 Å². The van der Waals surface area contributed by atoms with E-state index >= 15 is 0 Å². The van der Waals surface area contributed by atoms with Crippen LogP contribution < -0.4 is 9.64 Å². The highest BCUT2D eigenvalue weighted by molar-refractivity contribution is 6.14. The fourth-order valence-electron chi connectivity index (χ4n) is 8.25. The van der Waals surface area contributed by atoms with Crippen molar-refractivity contribution in [3.63, 3.8) is 0 Å². The molecule has 3 aromatic heterocycles. The number of nitrogens with zero attached hydrogens (tertiary/aromatic N) is 5. The number of rotatable bonds is 5. The Morgan fingerprint density at radius 2 is 1.38 bits per heavy atom. The van der Waals surface area contributed by atoms with Gasteiger partial charge in [-0.1, -0.05) is 86.6 Å². The third kappa shape index (κ3) is 4.50. The molecule has 250 valence electrons. The highest BCUT2D eigenvalue weighted by atomic mass is 16.5. The number of imidazole rings is 1. The minimum atomic E-state index is -0.347. The lowest BCUT2D eigenvalue weighted by Gasteiger charge is -2.42. The first-order valence-electron chi connectivity index (χ1n) is 17.6. The fourth-order valence-corrected chi connectivity index (χ4v) is 8.25. The second kappa shape index (κ2) is 11.4. The molecule has 0 aliphatic carbocycles. The average Bonchev–Trinajstić information content (AvgIpc) is 3.70. The smallest absolute Gasteiger partial charge is 0.140 e. The van der Waals surface area contributed by atoms with Crippen LogP contribution in [0.2, 0.25) is 0 Å². The van der Waals surface area contributed by atoms with E-state index in [1.54, 1.807) is 0 Å². The Kier molecular flexibility index (Phi) is 6.64. The zero-order chi connectivity index (χ0) is 35.0. The largest absolute Gasteiger partial charge is 0.457 e. The summed E-state index contributed by atoms with van der Waals surface area (Å²) in [6.45, 7) is 4.69. The van der Waals surface area contributed by atoms with Gasteiger partial charge in [0.25, 0.3) is 0 Å². The molecule has 0 amide bonds. The molecular weight excluding hydrogens is 639 g/mol. The molecule has 6 aromatic carbocycles. The molecule has 0 fully saturated rings. The summed E-state index contributed by atoms with van der Waals surface area (Å²) in [6, 6.07) is 52.9. The zero-order valence-electron chi connectivity index (χ0n) is 29.2. The molecule has 6 nitrogen and oxygen atoms in total. The van der Waals surface area contributed by atoms with E-state index in [-0.39, 0.29) is 5.41 Å². The summed E-state index contributed by atoms with van der Waals surface area (Å²) >= 11 is 0. The van der Waals surface area contributed by atoms with Crippen LogP contribution in [-0.4, -0.2) is 19.1 Å². The first kappa shape index (κ1) is 30.2. The van der Waals surface area contributed by atoms with Gasteiger partial charge in [-0.05, 0) is 83.9 Å². The average molecular weight is 674 g/mol. The lowest BCUT2D eigenvalue weighted by Crippen LogP contribution is -2.31. The van der Waals surface area contributed by atoms with Gasteiger partial charge in [0.1, 0.15) is 23.1 Å². The number of para-hydroxylation sites is 4. The van der Waals surface area contributed by atoms with Crippen LogP contribution in [0.15, 0.2) is 158 Å². The molecule has 0 radical (unpaired) electrons. The van der Waals surface area contributed by atoms with Crippen molar-refractivity contribution in [1.82, 2.24) is 19.1 Å². The van der Waals surface area contributed by atoms with Crippen molar-refractivity contribution in [2.75, 3.05) is 4.90 Å². The second-order valence-electron chi connectivity index (χ2n) is 14.0. The molecule has 0 atom stereocenters. The minimum Gasteiger partial charge on any atom is -0.457 e. The minimum absolute atomic E-state index is 0.347. The molecule has 1 aliphatic rings. The summed E-state index contributed by atoms with van der Waals surface area (Å²) in [6.07, 6.45) is 1.86. The summed E-state index contributed by atoms with van der Waals surface area (Å²) in [5, 5.41) is 2.49. The number of aromatic nitrogens is 4. The molecule has 0 saturated carbocycles. The van der Waals surface area contributed by atoms with E-state index in [4.69, 9.17) is 14.7 Å². The number of fused-ring (bicyclic) bond motifs is 7. The Balaban J connectivity index is 1.14. The Bertz CT molecular complexity index is 2820. The lowest BCUT2D eigenvalue weighted by molar-refractivity contribution is 0.482. The number of anilines is 3. The number of hydrogen-bond donors (Lipinski definition) is 0. The first-order valence-corrected chi connectivity index (χ1v) is 17.6. The van der Waals surface area contributed by atoms with Crippen LogP contribution in [0.1, 0.15) is 25.0 Å². The molecule has 0 N–H and O–H groups in total. The molecule has 0 spiro atoms. The fraction of sp³-hybridized carbons (Fsp3) is 0.0870. The van der Waals surface area contributed by atoms with Gasteiger partial charge in [0.2, 0.25) is 0 Å². The molecule has 0 saturated heterocycles. The van der Waals surface area contributed by atoms with Crippen LogP contribution >= 0.6 is 0 Å². The number of aryl methyl sites for hydroxylation is 1. The van der Waals surface area contributed by atoms with Gasteiger partial charge in [0, 0.05) is 46.7 Å². The van der Waals surface area contributed by atoms with Gasteiger partial charge in [-0.25, -0.2) is 9.97 Å². The van der Waals surface area contributed by atoms with Gasteiger partial charge in [-0.15, -0.1) is 0 Å². The van der Waals surface area contributed by atoms with E-state index in [0.717, 1.165) is 56.8 Å². The topological polar surface area (TPSA) is 48.1 Å². The summed E-state index contributed by atoms with van der Waals surface area (Å²) in [4.78, 5) is 12.1. The second-order valence-corrected chi connectivity index (χ2v) is 14.0. The van der Waals surface area contributed by atoms with E-state index in [1.165, 1.54) is 32.9 Å². The van der Waals surface area contributed by atoms with Gasteiger partial charge in [0.15, 0.2) is 0 Å². The zero-order valence-corrected chi connectivity index (χ0v) is 29.2. The predicted molar refractivity (Wildman–Crippen MR) is 212 cm³/mol. The SMILES string of the molecule is Cn1c(-c2cccc(Oc3ccc4c(c3)N(c3ccccn3)c3ccc5c(c3C4(C)C)c3ccccc3n5-c3ccccc3)c2)nc2ccccc21. The van der Waals surface area contributed by atoms with Crippen LogP contribution in [0, 0.1) is 0 Å². The molecule has 10 rings (SSSR count). The van der Waals surface area contributed by atoms with Crippen molar-refractivity contribution in [3.05, 3.63) is 169 Å². The maximum atomic E-state index is 6.65.